The van der Waals surface area contributed by atoms with Crippen molar-refractivity contribution in [1.82, 2.24) is 4.90 Å². The molecule has 1 aromatic rings. The van der Waals surface area contributed by atoms with Gasteiger partial charge in [-0.25, -0.2) is 4.79 Å². The van der Waals surface area contributed by atoms with Gasteiger partial charge < -0.3 is 15.7 Å². The molecular weight excluding hydrogens is 204 g/mol. The lowest BCUT2D eigenvalue weighted by Gasteiger charge is -2.34. The summed E-state index contributed by atoms with van der Waals surface area (Å²) in [6, 6.07) is 9.91. The van der Waals surface area contributed by atoms with E-state index in [4.69, 9.17) is 10.8 Å². The van der Waals surface area contributed by atoms with Gasteiger partial charge in [0.2, 0.25) is 0 Å². The molecule has 0 aromatic heterocycles. The number of hydrogen-bond acceptors (Lipinski definition) is 2. The van der Waals surface area contributed by atoms with Crippen LogP contribution in [0.5, 0.6) is 0 Å². The molecule has 16 heavy (non-hydrogen) atoms. The zero-order valence-corrected chi connectivity index (χ0v) is 9.04. The number of rotatable bonds is 1. The van der Waals surface area contributed by atoms with Crippen LogP contribution in [0.4, 0.5) is 4.79 Å². The zero-order chi connectivity index (χ0) is 11.5. The third-order valence-corrected chi connectivity index (χ3v) is 3.02. The smallest absolute Gasteiger partial charge is 0.407 e. The maximum absolute atomic E-state index is 10.9. The third-order valence-electron chi connectivity index (χ3n) is 3.02. The molecule has 3 N–H and O–H groups in total. The quantitative estimate of drug-likeness (QED) is 0.753. The predicted octanol–water partition coefficient (Wildman–Crippen LogP) is 1.48. The van der Waals surface area contributed by atoms with Crippen LogP contribution in [0.3, 0.4) is 0 Å². The molecule has 1 heterocycles. The first kappa shape index (κ1) is 11.0. The molecule has 0 spiro atoms. The first-order valence-electron chi connectivity index (χ1n) is 5.45. The van der Waals surface area contributed by atoms with Crippen molar-refractivity contribution in [1.29, 1.82) is 0 Å². The molecule has 0 bridgehead atoms. The summed E-state index contributed by atoms with van der Waals surface area (Å²) < 4.78 is 0. The Kier molecular flexibility index (Phi) is 3.10. The van der Waals surface area contributed by atoms with Gasteiger partial charge in [0.1, 0.15) is 0 Å². The SMILES string of the molecule is NC1CC(c2ccccc2)CN(C(=O)O)C1. The van der Waals surface area contributed by atoms with E-state index in [-0.39, 0.29) is 12.0 Å². The van der Waals surface area contributed by atoms with E-state index in [1.807, 2.05) is 30.3 Å². The van der Waals surface area contributed by atoms with Crippen LogP contribution in [-0.4, -0.2) is 35.2 Å². The monoisotopic (exact) mass is 220 g/mol. The average molecular weight is 220 g/mol. The van der Waals surface area contributed by atoms with Crippen molar-refractivity contribution < 1.29 is 9.90 Å². The van der Waals surface area contributed by atoms with E-state index in [2.05, 4.69) is 0 Å². The molecule has 0 radical (unpaired) electrons. The Hall–Kier alpha value is -1.55. The fraction of sp³-hybridized carbons (Fsp3) is 0.417. The number of piperidine rings is 1. The van der Waals surface area contributed by atoms with E-state index >= 15 is 0 Å². The molecule has 0 aliphatic carbocycles. The first-order chi connectivity index (χ1) is 7.66. The van der Waals surface area contributed by atoms with Crippen molar-refractivity contribution >= 4 is 6.09 Å². The fourth-order valence-corrected chi connectivity index (χ4v) is 2.26. The van der Waals surface area contributed by atoms with E-state index in [0.717, 1.165) is 6.42 Å². The summed E-state index contributed by atoms with van der Waals surface area (Å²) in [7, 11) is 0. The minimum atomic E-state index is -0.879. The number of amides is 1. The average Bonchev–Trinajstić information content (AvgIpc) is 2.29. The normalized spacial score (nSPS) is 25.4. The molecule has 1 aromatic carbocycles. The lowest BCUT2D eigenvalue weighted by molar-refractivity contribution is 0.125. The van der Waals surface area contributed by atoms with Crippen LogP contribution in [0.1, 0.15) is 17.9 Å². The Morgan fingerprint density at radius 2 is 2.00 bits per heavy atom. The predicted molar refractivity (Wildman–Crippen MR) is 61.4 cm³/mol. The van der Waals surface area contributed by atoms with Crippen LogP contribution in [0.25, 0.3) is 0 Å². The van der Waals surface area contributed by atoms with Crippen molar-refractivity contribution in [2.24, 2.45) is 5.73 Å². The molecule has 1 fully saturated rings. The fourth-order valence-electron chi connectivity index (χ4n) is 2.26. The van der Waals surface area contributed by atoms with Crippen LogP contribution in [0.2, 0.25) is 0 Å². The molecule has 86 valence electrons. The highest BCUT2D eigenvalue weighted by Crippen LogP contribution is 2.26. The van der Waals surface area contributed by atoms with Crippen molar-refractivity contribution in [2.45, 2.75) is 18.4 Å². The molecule has 0 saturated carbocycles. The number of benzene rings is 1. The molecule has 4 heteroatoms. The van der Waals surface area contributed by atoms with Gasteiger partial charge in [-0.1, -0.05) is 30.3 Å². The Morgan fingerprint density at radius 3 is 2.62 bits per heavy atom. The van der Waals surface area contributed by atoms with Gasteiger partial charge >= 0.3 is 6.09 Å². The van der Waals surface area contributed by atoms with E-state index in [0.29, 0.717) is 13.1 Å². The second-order valence-corrected chi connectivity index (χ2v) is 4.29. The molecule has 1 amide bonds. The zero-order valence-electron chi connectivity index (χ0n) is 9.04. The van der Waals surface area contributed by atoms with Gasteiger partial charge in [0.15, 0.2) is 0 Å². The number of likely N-dealkylation sites (tertiary alicyclic amines) is 1. The molecule has 2 rings (SSSR count). The Labute approximate surface area is 94.7 Å². The highest BCUT2D eigenvalue weighted by atomic mass is 16.4. The van der Waals surface area contributed by atoms with Gasteiger partial charge in [-0.05, 0) is 12.0 Å². The minimum Gasteiger partial charge on any atom is -0.465 e. The van der Waals surface area contributed by atoms with Crippen LogP contribution in [0.15, 0.2) is 30.3 Å². The van der Waals surface area contributed by atoms with Crippen molar-refractivity contribution in [3.05, 3.63) is 35.9 Å². The van der Waals surface area contributed by atoms with Crippen LogP contribution < -0.4 is 5.73 Å². The van der Waals surface area contributed by atoms with Crippen molar-refractivity contribution in [2.75, 3.05) is 13.1 Å². The number of nitrogens with zero attached hydrogens (tertiary/aromatic N) is 1. The summed E-state index contributed by atoms with van der Waals surface area (Å²) in [5, 5.41) is 8.99. The first-order valence-corrected chi connectivity index (χ1v) is 5.45. The summed E-state index contributed by atoms with van der Waals surface area (Å²) in [4.78, 5) is 12.4. The summed E-state index contributed by atoms with van der Waals surface area (Å²) in [5.74, 6) is 0.223. The van der Waals surface area contributed by atoms with Crippen LogP contribution >= 0.6 is 0 Å². The number of carbonyl (C=O) groups is 1. The van der Waals surface area contributed by atoms with E-state index in [1.165, 1.54) is 10.5 Å². The highest BCUT2D eigenvalue weighted by Gasteiger charge is 2.28. The molecular formula is C12H16N2O2. The standard InChI is InChI=1S/C12H16N2O2/c13-11-6-10(7-14(8-11)12(15)16)9-4-2-1-3-5-9/h1-5,10-11H,6-8,13H2,(H,15,16). The summed E-state index contributed by atoms with van der Waals surface area (Å²) in [5.41, 5.74) is 7.06. The van der Waals surface area contributed by atoms with Crippen LogP contribution in [0, 0.1) is 0 Å². The molecule has 2 unspecified atom stereocenters. The maximum Gasteiger partial charge on any atom is 0.407 e. The van der Waals surface area contributed by atoms with Gasteiger partial charge in [-0.2, -0.15) is 0 Å². The van der Waals surface area contributed by atoms with E-state index in [1.54, 1.807) is 0 Å². The topological polar surface area (TPSA) is 66.6 Å². The van der Waals surface area contributed by atoms with Crippen molar-refractivity contribution in [3.63, 3.8) is 0 Å². The molecule has 1 saturated heterocycles. The summed E-state index contributed by atoms with van der Waals surface area (Å²) >= 11 is 0. The van der Waals surface area contributed by atoms with Gasteiger partial charge in [0, 0.05) is 25.0 Å². The van der Waals surface area contributed by atoms with Gasteiger partial charge in [0.05, 0.1) is 0 Å². The summed E-state index contributed by atoms with van der Waals surface area (Å²) in [6.07, 6.45) is -0.0237. The Morgan fingerprint density at radius 1 is 1.31 bits per heavy atom. The van der Waals surface area contributed by atoms with Crippen LogP contribution in [-0.2, 0) is 0 Å². The highest BCUT2D eigenvalue weighted by molar-refractivity contribution is 5.65. The number of nitrogens with two attached hydrogens (primary N) is 1. The largest absolute Gasteiger partial charge is 0.465 e. The molecule has 4 nitrogen and oxygen atoms in total. The molecule has 2 atom stereocenters. The second-order valence-electron chi connectivity index (χ2n) is 4.29. The second kappa shape index (κ2) is 4.53. The lowest BCUT2D eigenvalue weighted by atomic mass is 9.88. The van der Waals surface area contributed by atoms with Gasteiger partial charge in [-0.15, -0.1) is 0 Å². The molecule has 1 aliphatic heterocycles. The minimum absolute atomic E-state index is 0.0601. The molecule has 1 aliphatic rings. The van der Waals surface area contributed by atoms with E-state index < -0.39 is 6.09 Å². The maximum atomic E-state index is 10.9. The number of carboxylic acid groups (broad SMARTS) is 1. The van der Waals surface area contributed by atoms with Gasteiger partial charge in [0.25, 0.3) is 0 Å². The Balaban J connectivity index is 2.14. The van der Waals surface area contributed by atoms with Gasteiger partial charge in [-0.3, -0.25) is 0 Å². The number of hydrogen-bond donors (Lipinski definition) is 2. The summed E-state index contributed by atoms with van der Waals surface area (Å²) in [6.45, 7) is 0.992. The van der Waals surface area contributed by atoms with Crippen molar-refractivity contribution in [3.8, 4) is 0 Å². The third kappa shape index (κ3) is 2.33. The lowest BCUT2D eigenvalue weighted by Crippen LogP contribution is -2.48. The Bertz CT molecular complexity index is 367. The van der Waals surface area contributed by atoms with E-state index in [9.17, 15) is 4.79 Å².